The molecule has 0 aliphatic heterocycles. The molecule has 1 aromatic carbocycles. The molecule has 0 aliphatic carbocycles. The molecule has 2 aromatic heterocycles. The minimum Gasteiger partial charge on any atom is -0.354 e. The lowest BCUT2D eigenvalue weighted by Gasteiger charge is -2.05. The van der Waals surface area contributed by atoms with Crippen molar-refractivity contribution in [2.75, 3.05) is 6.54 Å². The van der Waals surface area contributed by atoms with E-state index in [1.54, 1.807) is 23.9 Å². The number of pyridine rings is 1. The standard InChI is InChI=1S/C19H21N5O2/c1-15-22-24(19(26)23(15)13-17-5-3-2-4-6-17)14-18(25)21-12-9-16-7-10-20-11-8-16/h2-8,10-11H,9,12-14H2,1H3,(H,21,25). The molecular formula is C19H21N5O2. The van der Waals surface area contributed by atoms with Crippen LogP contribution < -0.4 is 11.0 Å². The molecule has 7 heteroatoms. The first kappa shape index (κ1) is 17.6. The number of aryl methyl sites for hydroxylation is 1. The smallest absolute Gasteiger partial charge is 0.346 e. The lowest BCUT2D eigenvalue weighted by molar-refractivity contribution is -0.121. The van der Waals surface area contributed by atoms with Gasteiger partial charge in [-0.2, -0.15) is 5.10 Å². The molecule has 3 rings (SSSR count). The maximum atomic E-state index is 12.5. The maximum absolute atomic E-state index is 12.5. The summed E-state index contributed by atoms with van der Waals surface area (Å²) in [6.07, 6.45) is 4.16. The summed E-state index contributed by atoms with van der Waals surface area (Å²) in [5.41, 5.74) is 1.83. The molecule has 0 unspecified atom stereocenters. The highest BCUT2D eigenvalue weighted by Gasteiger charge is 2.13. The van der Waals surface area contributed by atoms with Gasteiger partial charge < -0.3 is 5.32 Å². The minimum absolute atomic E-state index is 0.0855. The molecule has 3 aromatic rings. The molecule has 0 atom stereocenters. The minimum atomic E-state index is -0.282. The zero-order chi connectivity index (χ0) is 18.4. The van der Waals surface area contributed by atoms with Gasteiger partial charge in [0.2, 0.25) is 5.91 Å². The quantitative estimate of drug-likeness (QED) is 0.692. The second-order valence-electron chi connectivity index (χ2n) is 6.01. The lowest BCUT2D eigenvalue weighted by Crippen LogP contribution is -2.34. The fourth-order valence-electron chi connectivity index (χ4n) is 2.69. The van der Waals surface area contributed by atoms with Crippen LogP contribution in [0.2, 0.25) is 0 Å². The number of hydrogen-bond donors (Lipinski definition) is 1. The fourth-order valence-corrected chi connectivity index (χ4v) is 2.69. The molecule has 0 fully saturated rings. The molecule has 0 spiro atoms. The van der Waals surface area contributed by atoms with Gasteiger partial charge in [0.1, 0.15) is 12.4 Å². The van der Waals surface area contributed by atoms with E-state index in [9.17, 15) is 9.59 Å². The van der Waals surface area contributed by atoms with Gasteiger partial charge in [0.05, 0.1) is 6.54 Å². The van der Waals surface area contributed by atoms with Crippen molar-refractivity contribution in [1.29, 1.82) is 0 Å². The van der Waals surface area contributed by atoms with Crippen molar-refractivity contribution in [2.45, 2.75) is 26.4 Å². The molecule has 0 radical (unpaired) electrons. The molecule has 0 bridgehead atoms. The summed E-state index contributed by atoms with van der Waals surface area (Å²) in [5, 5.41) is 7.03. The van der Waals surface area contributed by atoms with Crippen molar-refractivity contribution < 1.29 is 4.79 Å². The molecule has 0 saturated carbocycles. The van der Waals surface area contributed by atoms with Gasteiger partial charge in [0, 0.05) is 18.9 Å². The summed E-state index contributed by atoms with van der Waals surface area (Å²) in [4.78, 5) is 28.6. The normalized spacial score (nSPS) is 10.7. The fraction of sp³-hybridized carbons (Fsp3) is 0.263. The molecule has 26 heavy (non-hydrogen) atoms. The van der Waals surface area contributed by atoms with E-state index in [-0.39, 0.29) is 18.1 Å². The number of amides is 1. The SMILES string of the molecule is Cc1nn(CC(=O)NCCc2ccncc2)c(=O)n1Cc1ccccc1. The third-order valence-electron chi connectivity index (χ3n) is 4.07. The molecule has 0 saturated heterocycles. The Labute approximate surface area is 151 Å². The number of hydrogen-bond acceptors (Lipinski definition) is 4. The van der Waals surface area contributed by atoms with E-state index in [1.807, 2.05) is 42.5 Å². The second-order valence-corrected chi connectivity index (χ2v) is 6.01. The van der Waals surface area contributed by atoms with Gasteiger partial charge in [-0.25, -0.2) is 9.48 Å². The summed E-state index contributed by atoms with van der Waals surface area (Å²) in [6.45, 7) is 2.62. The Morgan fingerprint density at radius 3 is 2.54 bits per heavy atom. The third kappa shape index (κ3) is 4.44. The first-order valence-electron chi connectivity index (χ1n) is 8.47. The Bertz CT molecular complexity index is 916. The van der Waals surface area contributed by atoms with Gasteiger partial charge in [-0.1, -0.05) is 30.3 Å². The van der Waals surface area contributed by atoms with Gasteiger partial charge >= 0.3 is 5.69 Å². The summed E-state index contributed by atoms with van der Waals surface area (Å²) in [6, 6.07) is 13.5. The van der Waals surface area contributed by atoms with Crippen LogP contribution in [0.15, 0.2) is 59.7 Å². The highest BCUT2D eigenvalue weighted by atomic mass is 16.2. The van der Waals surface area contributed by atoms with Crippen LogP contribution in [-0.2, 0) is 24.3 Å². The number of nitrogens with one attached hydrogen (secondary N) is 1. The average Bonchev–Trinajstić information content (AvgIpc) is 2.91. The molecule has 2 heterocycles. The first-order chi connectivity index (χ1) is 12.6. The van der Waals surface area contributed by atoms with E-state index >= 15 is 0 Å². The Morgan fingerprint density at radius 2 is 1.81 bits per heavy atom. The number of carbonyl (C=O) groups excluding carboxylic acids is 1. The highest BCUT2D eigenvalue weighted by Crippen LogP contribution is 2.02. The van der Waals surface area contributed by atoms with Gasteiger partial charge in [-0.15, -0.1) is 0 Å². The van der Waals surface area contributed by atoms with E-state index in [1.165, 1.54) is 4.68 Å². The molecule has 1 N–H and O–H groups in total. The van der Waals surface area contributed by atoms with E-state index in [2.05, 4.69) is 15.4 Å². The van der Waals surface area contributed by atoms with E-state index < -0.39 is 0 Å². The highest BCUT2D eigenvalue weighted by molar-refractivity contribution is 5.75. The van der Waals surface area contributed by atoms with Crippen LogP contribution in [0.4, 0.5) is 0 Å². The van der Waals surface area contributed by atoms with E-state index in [0.29, 0.717) is 25.3 Å². The van der Waals surface area contributed by atoms with Crippen LogP contribution in [0.5, 0.6) is 0 Å². The van der Waals surface area contributed by atoms with Crippen LogP contribution in [0.1, 0.15) is 17.0 Å². The Morgan fingerprint density at radius 1 is 1.08 bits per heavy atom. The predicted octanol–water partition coefficient (Wildman–Crippen LogP) is 1.16. The predicted molar refractivity (Wildman–Crippen MR) is 97.7 cm³/mol. The topological polar surface area (TPSA) is 81.8 Å². The largest absolute Gasteiger partial charge is 0.354 e. The van der Waals surface area contributed by atoms with Crippen LogP contribution in [0.3, 0.4) is 0 Å². The summed E-state index contributed by atoms with van der Waals surface area (Å²) < 4.78 is 2.78. The first-order valence-corrected chi connectivity index (χ1v) is 8.47. The monoisotopic (exact) mass is 351 g/mol. The van der Waals surface area contributed by atoms with Gasteiger partial charge in [-0.05, 0) is 36.6 Å². The van der Waals surface area contributed by atoms with Gasteiger partial charge in [0.15, 0.2) is 0 Å². The van der Waals surface area contributed by atoms with Crippen molar-refractivity contribution in [3.05, 3.63) is 82.3 Å². The summed E-state index contributed by atoms with van der Waals surface area (Å²) in [7, 11) is 0. The van der Waals surface area contributed by atoms with Crippen molar-refractivity contribution in [2.24, 2.45) is 0 Å². The zero-order valence-corrected chi connectivity index (χ0v) is 14.6. The number of benzene rings is 1. The number of nitrogens with zero attached hydrogens (tertiary/aromatic N) is 4. The van der Waals surface area contributed by atoms with Crippen molar-refractivity contribution in [3.63, 3.8) is 0 Å². The second kappa shape index (κ2) is 8.24. The molecule has 7 nitrogen and oxygen atoms in total. The van der Waals surface area contributed by atoms with Crippen LogP contribution in [-0.4, -0.2) is 31.8 Å². The zero-order valence-electron chi connectivity index (χ0n) is 14.6. The van der Waals surface area contributed by atoms with Crippen molar-refractivity contribution >= 4 is 5.91 Å². The Kier molecular flexibility index (Phi) is 5.58. The molecule has 0 aliphatic rings. The van der Waals surface area contributed by atoms with Crippen molar-refractivity contribution in [1.82, 2.24) is 24.6 Å². The molecule has 134 valence electrons. The van der Waals surface area contributed by atoms with Crippen LogP contribution >= 0.6 is 0 Å². The van der Waals surface area contributed by atoms with Gasteiger partial charge in [-0.3, -0.25) is 14.3 Å². The maximum Gasteiger partial charge on any atom is 0.346 e. The van der Waals surface area contributed by atoms with E-state index in [4.69, 9.17) is 0 Å². The Balaban J connectivity index is 1.58. The summed E-state index contributed by atoms with van der Waals surface area (Å²) >= 11 is 0. The molecule has 1 amide bonds. The summed E-state index contributed by atoms with van der Waals surface area (Å²) in [5.74, 6) is 0.356. The van der Waals surface area contributed by atoms with Crippen LogP contribution in [0.25, 0.3) is 0 Å². The molecular weight excluding hydrogens is 330 g/mol. The van der Waals surface area contributed by atoms with E-state index in [0.717, 1.165) is 11.1 Å². The van der Waals surface area contributed by atoms with Crippen LogP contribution in [0, 0.1) is 6.92 Å². The third-order valence-corrected chi connectivity index (χ3v) is 4.07. The van der Waals surface area contributed by atoms with Gasteiger partial charge in [0.25, 0.3) is 0 Å². The number of rotatable bonds is 7. The average molecular weight is 351 g/mol. The van der Waals surface area contributed by atoms with Crippen molar-refractivity contribution in [3.8, 4) is 0 Å². The Hall–Kier alpha value is -3.22. The number of carbonyl (C=O) groups is 1. The lowest BCUT2D eigenvalue weighted by atomic mass is 10.2. The number of aromatic nitrogens is 4.